The highest BCUT2D eigenvalue weighted by Crippen LogP contribution is 2.34. The minimum absolute atomic E-state index is 0. The first-order valence-corrected chi connectivity index (χ1v) is 13.5. The van der Waals surface area contributed by atoms with Gasteiger partial charge in [0.15, 0.2) is 0 Å². The fourth-order valence-corrected chi connectivity index (χ4v) is 5.12. The van der Waals surface area contributed by atoms with E-state index in [2.05, 4.69) is 5.32 Å². The molecule has 0 aliphatic rings. The number of halogens is 2. The molecule has 40 heavy (non-hydrogen) atoms. The Balaban J connectivity index is 0.00000588. The first-order chi connectivity index (χ1) is 18.8. The first-order valence-electron chi connectivity index (χ1n) is 13.5. The van der Waals surface area contributed by atoms with Crippen molar-refractivity contribution in [1.82, 2.24) is 9.88 Å². The van der Waals surface area contributed by atoms with Crippen LogP contribution >= 0.6 is 0 Å². The van der Waals surface area contributed by atoms with Gasteiger partial charge in [-0.05, 0) is 105 Å². The predicted molar refractivity (Wildman–Crippen MR) is 154 cm³/mol. The maximum atomic E-state index is 15.7. The highest BCUT2D eigenvalue weighted by molar-refractivity contribution is 5.82. The molecule has 3 rings (SSSR count). The molecule has 1 N–H and O–H groups in total. The van der Waals surface area contributed by atoms with Crippen molar-refractivity contribution in [2.24, 2.45) is 5.92 Å². The zero-order chi connectivity index (χ0) is 29.7. The zero-order valence-corrected chi connectivity index (χ0v) is 24.2. The molecule has 216 valence electrons. The minimum Gasteiger partial charge on any atom is -0.466 e. The third-order valence-electron chi connectivity index (χ3n) is 6.93. The van der Waals surface area contributed by atoms with Crippen LogP contribution in [0.15, 0.2) is 47.4 Å². The highest BCUT2D eigenvalue weighted by Gasteiger charge is 2.29. The SMILES string of the molecule is CCOC(=O)C[C@H](NC(=O)C(CC(C)C)n1cccc(C)c1=O)c1cc(-c2c(C)cc(F)cc2C)cc(C)c1F.[HH]. The van der Waals surface area contributed by atoms with Gasteiger partial charge in [0, 0.05) is 18.8 Å². The van der Waals surface area contributed by atoms with E-state index in [4.69, 9.17) is 4.74 Å². The Morgan fingerprint density at radius 1 is 1.00 bits per heavy atom. The Hall–Kier alpha value is -3.81. The van der Waals surface area contributed by atoms with Gasteiger partial charge in [0.1, 0.15) is 17.7 Å². The molecular weight excluding hydrogens is 514 g/mol. The Labute approximate surface area is 235 Å². The lowest BCUT2D eigenvalue weighted by molar-refractivity contribution is -0.144. The number of esters is 1. The van der Waals surface area contributed by atoms with Crippen LogP contribution in [-0.4, -0.2) is 23.1 Å². The Morgan fingerprint density at radius 3 is 2.25 bits per heavy atom. The van der Waals surface area contributed by atoms with E-state index in [0.717, 1.165) is 5.56 Å². The van der Waals surface area contributed by atoms with Gasteiger partial charge in [-0.25, -0.2) is 8.78 Å². The van der Waals surface area contributed by atoms with Crippen molar-refractivity contribution in [3.63, 3.8) is 0 Å². The van der Waals surface area contributed by atoms with Gasteiger partial charge < -0.3 is 14.6 Å². The van der Waals surface area contributed by atoms with Crippen LogP contribution in [0.25, 0.3) is 11.1 Å². The number of carbonyl (C=O) groups is 2. The monoisotopic (exact) mass is 554 g/mol. The normalized spacial score (nSPS) is 12.8. The maximum Gasteiger partial charge on any atom is 0.308 e. The summed E-state index contributed by atoms with van der Waals surface area (Å²) in [7, 11) is 0. The molecule has 0 saturated carbocycles. The largest absolute Gasteiger partial charge is 0.466 e. The van der Waals surface area contributed by atoms with Crippen molar-refractivity contribution in [1.29, 1.82) is 0 Å². The van der Waals surface area contributed by atoms with Crippen LogP contribution < -0.4 is 10.9 Å². The van der Waals surface area contributed by atoms with Crippen molar-refractivity contribution in [2.45, 2.75) is 73.4 Å². The summed E-state index contributed by atoms with van der Waals surface area (Å²) in [6.45, 7) is 12.5. The highest BCUT2D eigenvalue weighted by atomic mass is 19.1. The third-order valence-corrected chi connectivity index (χ3v) is 6.93. The van der Waals surface area contributed by atoms with E-state index in [1.807, 2.05) is 13.8 Å². The quantitative estimate of drug-likeness (QED) is 0.284. The second kappa shape index (κ2) is 13.0. The number of hydrogen-bond acceptors (Lipinski definition) is 4. The Bertz CT molecular complexity index is 1450. The summed E-state index contributed by atoms with van der Waals surface area (Å²) < 4.78 is 36.3. The first kappa shape index (κ1) is 30.7. The number of nitrogens with one attached hydrogen (secondary N) is 1. The molecule has 1 aromatic heterocycles. The van der Waals surface area contributed by atoms with Crippen molar-refractivity contribution in [3.05, 3.63) is 92.4 Å². The van der Waals surface area contributed by atoms with Gasteiger partial charge in [0.05, 0.1) is 19.1 Å². The van der Waals surface area contributed by atoms with Crippen LogP contribution in [0.3, 0.4) is 0 Å². The summed E-state index contributed by atoms with van der Waals surface area (Å²) in [6.07, 6.45) is 1.61. The number of benzene rings is 2. The molecular formula is C32H40F2N2O4. The van der Waals surface area contributed by atoms with Gasteiger partial charge >= 0.3 is 5.97 Å². The van der Waals surface area contributed by atoms with E-state index in [1.165, 1.54) is 16.7 Å². The molecule has 2 atom stereocenters. The lowest BCUT2D eigenvalue weighted by Gasteiger charge is -2.26. The minimum atomic E-state index is -1.07. The number of nitrogens with zero attached hydrogens (tertiary/aromatic N) is 1. The summed E-state index contributed by atoms with van der Waals surface area (Å²) in [6, 6.07) is 7.53. The molecule has 0 aliphatic carbocycles. The molecule has 0 radical (unpaired) electrons. The summed E-state index contributed by atoms with van der Waals surface area (Å²) in [5.74, 6) is -1.97. The number of hydrogen-bond donors (Lipinski definition) is 1. The van der Waals surface area contributed by atoms with Gasteiger partial charge in [-0.1, -0.05) is 19.9 Å². The summed E-state index contributed by atoms with van der Waals surface area (Å²) in [4.78, 5) is 39.3. The average Bonchev–Trinajstić information content (AvgIpc) is 2.85. The van der Waals surface area contributed by atoms with Gasteiger partial charge in [0.25, 0.3) is 5.56 Å². The molecule has 3 aromatic rings. The zero-order valence-electron chi connectivity index (χ0n) is 24.2. The van der Waals surface area contributed by atoms with E-state index in [0.29, 0.717) is 34.2 Å². The van der Waals surface area contributed by atoms with Crippen LogP contribution in [0.4, 0.5) is 8.78 Å². The number of pyridine rings is 1. The molecule has 0 saturated heterocycles. The summed E-state index contributed by atoms with van der Waals surface area (Å²) in [5.41, 5.74) is 3.36. The number of amides is 1. The molecule has 2 aromatic carbocycles. The van der Waals surface area contributed by atoms with E-state index in [1.54, 1.807) is 65.1 Å². The number of aromatic nitrogens is 1. The summed E-state index contributed by atoms with van der Waals surface area (Å²) in [5, 5.41) is 2.86. The number of rotatable bonds is 10. The summed E-state index contributed by atoms with van der Waals surface area (Å²) >= 11 is 0. The Morgan fingerprint density at radius 2 is 1.65 bits per heavy atom. The maximum absolute atomic E-state index is 15.7. The molecule has 0 aliphatic heterocycles. The molecule has 0 fully saturated rings. The molecule has 8 heteroatoms. The molecule has 0 bridgehead atoms. The topological polar surface area (TPSA) is 77.4 Å². The van der Waals surface area contributed by atoms with E-state index in [-0.39, 0.29) is 37.3 Å². The number of carbonyl (C=O) groups excluding carboxylic acids is 2. The molecule has 0 spiro atoms. The van der Waals surface area contributed by atoms with Crippen LogP contribution in [0.1, 0.15) is 74.9 Å². The van der Waals surface area contributed by atoms with E-state index >= 15 is 4.39 Å². The van der Waals surface area contributed by atoms with Crippen molar-refractivity contribution >= 4 is 11.9 Å². The van der Waals surface area contributed by atoms with E-state index < -0.39 is 29.8 Å². The molecule has 6 nitrogen and oxygen atoms in total. The Kier molecular flexibility index (Phi) is 10.0. The third kappa shape index (κ3) is 7.03. The fourth-order valence-electron chi connectivity index (χ4n) is 5.12. The number of aryl methyl sites for hydroxylation is 4. The van der Waals surface area contributed by atoms with Gasteiger partial charge in [-0.2, -0.15) is 0 Å². The van der Waals surface area contributed by atoms with Crippen LogP contribution in [0, 0.1) is 45.2 Å². The van der Waals surface area contributed by atoms with Crippen molar-refractivity contribution in [2.75, 3.05) is 6.61 Å². The fraction of sp³-hybridized carbons (Fsp3) is 0.406. The van der Waals surface area contributed by atoms with Crippen LogP contribution in [-0.2, 0) is 14.3 Å². The van der Waals surface area contributed by atoms with Crippen LogP contribution in [0.2, 0.25) is 0 Å². The predicted octanol–water partition coefficient (Wildman–Crippen LogP) is 6.67. The lowest BCUT2D eigenvalue weighted by atomic mass is 9.90. The molecule has 1 heterocycles. The number of ether oxygens (including phenoxy) is 1. The van der Waals surface area contributed by atoms with Crippen LogP contribution in [0.5, 0.6) is 0 Å². The van der Waals surface area contributed by atoms with E-state index in [9.17, 15) is 18.8 Å². The smallest absolute Gasteiger partial charge is 0.308 e. The molecule has 1 amide bonds. The second-order valence-electron chi connectivity index (χ2n) is 10.7. The van der Waals surface area contributed by atoms with Crippen molar-refractivity contribution < 1.29 is 24.5 Å². The van der Waals surface area contributed by atoms with Gasteiger partial charge in [0.2, 0.25) is 5.91 Å². The van der Waals surface area contributed by atoms with Gasteiger partial charge in [-0.15, -0.1) is 0 Å². The van der Waals surface area contributed by atoms with Crippen molar-refractivity contribution in [3.8, 4) is 11.1 Å². The standard InChI is InChI=1S/C32H38F2N2O4.H2/c1-8-40-28(37)17-26(35-31(38)27(12-18(2)3)36-11-9-10-19(4)32(36)39)25-16-23(13-22(7)30(25)34)29-20(5)14-24(33)15-21(29)6;/h9-11,13-16,18,26-27H,8,12,17H2,1-7H3,(H,35,38);1H/t26-,27?;/m0./s1. The second-order valence-corrected chi connectivity index (χ2v) is 10.7. The molecule has 1 unspecified atom stereocenters. The average molecular weight is 555 g/mol. The van der Waals surface area contributed by atoms with Gasteiger partial charge in [-0.3, -0.25) is 14.4 Å². The lowest BCUT2D eigenvalue weighted by Crippen LogP contribution is -2.40.